The van der Waals surface area contributed by atoms with Crippen molar-refractivity contribution in [3.05, 3.63) is 72.0 Å². The first-order valence-corrected chi connectivity index (χ1v) is 7.52. The Labute approximate surface area is 124 Å². The van der Waals surface area contributed by atoms with E-state index in [2.05, 4.69) is 12.1 Å². The minimum absolute atomic E-state index is 0.957. The van der Waals surface area contributed by atoms with Gasteiger partial charge in [-0.3, -0.25) is 0 Å². The topological polar surface area (TPSA) is 39.4 Å². The highest BCUT2D eigenvalue weighted by Crippen LogP contribution is 2.15. The van der Waals surface area contributed by atoms with Gasteiger partial charge in [0.2, 0.25) is 0 Å². The molecular formula is C18H20O3. The van der Waals surface area contributed by atoms with Crippen LogP contribution in [0.4, 0.5) is 0 Å². The molecule has 3 rings (SSSR count). The smallest absolute Gasteiger partial charge is 0.104 e. The quantitative estimate of drug-likeness (QED) is 0.595. The largest absolute Gasteiger partial charge is 0.469 e. The fourth-order valence-electron chi connectivity index (χ4n) is 2.47. The van der Waals surface area contributed by atoms with Gasteiger partial charge in [-0.25, -0.2) is 0 Å². The minimum Gasteiger partial charge on any atom is -0.469 e. The summed E-state index contributed by atoms with van der Waals surface area (Å²) in [4.78, 5) is 0. The van der Waals surface area contributed by atoms with E-state index in [0.717, 1.165) is 61.6 Å². The first-order valence-electron chi connectivity index (χ1n) is 7.52. The molecule has 0 aliphatic rings. The summed E-state index contributed by atoms with van der Waals surface area (Å²) in [5, 5.41) is 0. The standard InChI is InChI=1S/C18H20O3/c1(5-15-9-3-13-19-15)7-17-11-12-18(21-17)8-2-6-16-10-4-14-20-16/h3-4,9-14H,1-2,5-8H2. The fourth-order valence-corrected chi connectivity index (χ4v) is 2.47. The van der Waals surface area contributed by atoms with E-state index in [1.165, 1.54) is 0 Å². The molecule has 0 radical (unpaired) electrons. The normalized spacial score (nSPS) is 11.0. The number of furan rings is 3. The van der Waals surface area contributed by atoms with E-state index in [1.54, 1.807) is 12.5 Å². The molecule has 3 heteroatoms. The highest BCUT2D eigenvalue weighted by Gasteiger charge is 2.04. The molecule has 0 aliphatic carbocycles. The number of aryl methyl sites for hydroxylation is 4. The summed E-state index contributed by atoms with van der Waals surface area (Å²) in [6.07, 6.45) is 9.37. The van der Waals surface area contributed by atoms with Crippen LogP contribution in [0.25, 0.3) is 0 Å². The van der Waals surface area contributed by atoms with Crippen LogP contribution in [0.3, 0.4) is 0 Å². The summed E-state index contributed by atoms with van der Waals surface area (Å²) in [6.45, 7) is 0. The molecule has 0 spiro atoms. The number of hydrogen-bond acceptors (Lipinski definition) is 3. The Balaban J connectivity index is 1.39. The molecule has 21 heavy (non-hydrogen) atoms. The van der Waals surface area contributed by atoms with Crippen molar-refractivity contribution in [2.75, 3.05) is 0 Å². The van der Waals surface area contributed by atoms with Crippen molar-refractivity contribution in [2.45, 2.75) is 38.5 Å². The third-order valence-corrected chi connectivity index (χ3v) is 3.57. The summed E-state index contributed by atoms with van der Waals surface area (Å²) in [6, 6.07) is 12.1. The molecule has 3 nitrogen and oxygen atoms in total. The molecule has 0 unspecified atom stereocenters. The van der Waals surface area contributed by atoms with Gasteiger partial charge in [-0.05, 0) is 49.2 Å². The third kappa shape index (κ3) is 4.15. The van der Waals surface area contributed by atoms with Crippen LogP contribution in [0.1, 0.15) is 35.9 Å². The molecule has 0 atom stereocenters. The molecule has 0 amide bonds. The van der Waals surface area contributed by atoms with Crippen LogP contribution in [0.2, 0.25) is 0 Å². The average molecular weight is 284 g/mol. The van der Waals surface area contributed by atoms with Crippen LogP contribution in [0.15, 0.2) is 62.2 Å². The molecular weight excluding hydrogens is 264 g/mol. The molecule has 3 heterocycles. The molecule has 0 saturated heterocycles. The summed E-state index contributed by atoms with van der Waals surface area (Å²) < 4.78 is 16.5. The first kappa shape index (κ1) is 13.8. The van der Waals surface area contributed by atoms with Gasteiger partial charge < -0.3 is 13.3 Å². The molecule has 0 fully saturated rings. The lowest BCUT2D eigenvalue weighted by Gasteiger charge is -1.98. The zero-order chi connectivity index (χ0) is 14.3. The molecule has 3 aromatic rings. The summed E-state index contributed by atoms with van der Waals surface area (Å²) >= 11 is 0. The van der Waals surface area contributed by atoms with E-state index in [-0.39, 0.29) is 0 Å². The minimum atomic E-state index is 0.957. The molecule has 3 aromatic heterocycles. The second-order valence-corrected chi connectivity index (χ2v) is 5.23. The summed E-state index contributed by atoms with van der Waals surface area (Å²) in [5.74, 6) is 4.21. The van der Waals surface area contributed by atoms with E-state index in [9.17, 15) is 0 Å². The lowest BCUT2D eigenvalue weighted by molar-refractivity contribution is 0.441. The maximum absolute atomic E-state index is 5.86. The maximum atomic E-state index is 5.86. The van der Waals surface area contributed by atoms with E-state index < -0.39 is 0 Å². The van der Waals surface area contributed by atoms with Gasteiger partial charge in [0, 0.05) is 25.7 Å². The molecule has 0 N–H and O–H groups in total. The van der Waals surface area contributed by atoms with Crippen molar-refractivity contribution >= 4 is 0 Å². The van der Waals surface area contributed by atoms with Gasteiger partial charge in [-0.15, -0.1) is 0 Å². The molecule has 110 valence electrons. The highest BCUT2D eigenvalue weighted by atomic mass is 16.3. The van der Waals surface area contributed by atoms with Crippen LogP contribution in [-0.4, -0.2) is 0 Å². The van der Waals surface area contributed by atoms with Crippen molar-refractivity contribution < 1.29 is 13.3 Å². The lowest BCUT2D eigenvalue weighted by Crippen LogP contribution is -1.88. The molecule has 0 aromatic carbocycles. The zero-order valence-corrected chi connectivity index (χ0v) is 12.1. The second-order valence-electron chi connectivity index (χ2n) is 5.23. The van der Waals surface area contributed by atoms with Gasteiger partial charge in [0.15, 0.2) is 0 Å². The summed E-state index contributed by atoms with van der Waals surface area (Å²) in [5.41, 5.74) is 0. The molecule has 0 aliphatic heterocycles. The maximum Gasteiger partial charge on any atom is 0.104 e. The van der Waals surface area contributed by atoms with Crippen molar-refractivity contribution in [3.8, 4) is 0 Å². The molecule has 0 saturated carbocycles. The molecule has 0 bridgehead atoms. The van der Waals surface area contributed by atoms with Crippen molar-refractivity contribution in [2.24, 2.45) is 0 Å². The van der Waals surface area contributed by atoms with Crippen LogP contribution in [0.5, 0.6) is 0 Å². The van der Waals surface area contributed by atoms with Crippen LogP contribution >= 0.6 is 0 Å². The Morgan fingerprint density at radius 1 is 0.571 bits per heavy atom. The number of rotatable bonds is 8. The van der Waals surface area contributed by atoms with Crippen LogP contribution in [-0.2, 0) is 25.7 Å². The van der Waals surface area contributed by atoms with E-state index in [1.807, 2.05) is 24.3 Å². The average Bonchev–Trinajstić information content (AvgIpc) is 3.21. The highest BCUT2D eigenvalue weighted by molar-refractivity contribution is 5.08. The predicted molar refractivity (Wildman–Crippen MR) is 80.2 cm³/mol. The van der Waals surface area contributed by atoms with Crippen molar-refractivity contribution in [3.63, 3.8) is 0 Å². The van der Waals surface area contributed by atoms with E-state index in [0.29, 0.717) is 0 Å². The van der Waals surface area contributed by atoms with Crippen LogP contribution < -0.4 is 0 Å². The van der Waals surface area contributed by atoms with E-state index >= 15 is 0 Å². The van der Waals surface area contributed by atoms with Gasteiger partial charge >= 0.3 is 0 Å². The Morgan fingerprint density at radius 2 is 1.05 bits per heavy atom. The van der Waals surface area contributed by atoms with Crippen molar-refractivity contribution in [1.29, 1.82) is 0 Å². The lowest BCUT2D eigenvalue weighted by atomic mass is 10.1. The first-order chi connectivity index (χ1) is 10.4. The SMILES string of the molecule is c1coc(CCCc2ccc(CCCc3ccco3)o2)c1. The second kappa shape index (κ2) is 7.02. The fraction of sp³-hybridized carbons (Fsp3) is 0.333. The zero-order valence-electron chi connectivity index (χ0n) is 12.1. The van der Waals surface area contributed by atoms with Gasteiger partial charge in [0.1, 0.15) is 23.0 Å². The van der Waals surface area contributed by atoms with Gasteiger partial charge in [-0.1, -0.05) is 0 Å². The predicted octanol–water partition coefficient (Wildman–Crippen LogP) is 4.82. The number of hydrogen-bond donors (Lipinski definition) is 0. The Morgan fingerprint density at radius 3 is 1.48 bits per heavy atom. The van der Waals surface area contributed by atoms with Crippen molar-refractivity contribution in [1.82, 2.24) is 0 Å². The van der Waals surface area contributed by atoms with Gasteiger partial charge in [-0.2, -0.15) is 0 Å². The van der Waals surface area contributed by atoms with E-state index in [4.69, 9.17) is 13.3 Å². The Hall–Kier alpha value is -2.16. The summed E-state index contributed by atoms with van der Waals surface area (Å²) in [7, 11) is 0. The van der Waals surface area contributed by atoms with Crippen LogP contribution in [0, 0.1) is 0 Å². The van der Waals surface area contributed by atoms with Gasteiger partial charge in [0.25, 0.3) is 0 Å². The van der Waals surface area contributed by atoms with Gasteiger partial charge in [0.05, 0.1) is 12.5 Å². The monoisotopic (exact) mass is 284 g/mol. The third-order valence-electron chi connectivity index (χ3n) is 3.57. The Kier molecular flexibility index (Phi) is 4.62. The Bertz CT molecular complexity index is 563.